The molecule has 1 aromatic carbocycles. The molecule has 0 bridgehead atoms. The number of rotatable bonds is 4. The number of benzene rings is 1. The van der Waals surface area contributed by atoms with Crippen molar-refractivity contribution < 1.29 is 14.6 Å². The Morgan fingerprint density at radius 3 is 3.05 bits per heavy atom. The second kappa shape index (κ2) is 7.61. The monoisotopic (exact) mass is 353 g/mol. The molecule has 1 aromatic rings. The van der Waals surface area contributed by atoms with Crippen molar-refractivity contribution >= 4 is 27.9 Å². The number of hydrogen-bond acceptors (Lipinski definition) is 3. The average Bonchev–Trinajstić information content (AvgIpc) is 2.52. The van der Waals surface area contributed by atoms with Crippen molar-refractivity contribution in [3.8, 4) is 5.75 Å². The van der Waals surface area contributed by atoms with E-state index in [-0.39, 0.29) is 18.6 Å². The van der Waals surface area contributed by atoms with E-state index >= 15 is 0 Å². The third-order valence-electron chi connectivity index (χ3n) is 3.72. The lowest BCUT2D eigenvalue weighted by Gasteiger charge is -2.33. The van der Waals surface area contributed by atoms with Gasteiger partial charge in [0, 0.05) is 22.7 Å². The van der Waals surface area contributed by atoms with Crippen molar-refractivity contribution in [3.63, 3.8) is 0 Å². The number of aliphatic hydroxyl groups excluding tert-OH is 1. The number of ether oxygens (including phenoxy) is 1. The minimum absolute atomic E-state index is 0.0276. The van der Waals surface area contributed by atoms with Crippen molar-refractivity contribution in [1.82, 2.24) is 4.90 Å². The summed E-state index contributed by atoms with van der Waals surface area (Å²) in [6, 6.07) is 5.60. The molecule has 1 N–H and O–H groups in total. The van der Waals surface area contributed by atoms with Gasteiger partial charge in [0.15, 0.2) is 0 Å². The number of nitrogens with zero attached hydrogens (tertiary/aromatic N) is 1. The summed E-state index contributed by atoms with van der Waals surface area (Å²) in [5.74, 6) is 0.662. The second-order valence-corrected chi connectivity index (χ2v) is 6.00. The molecule has 1 heterocycles. The SMILES string of the molecule is COc1ccc(Br)cc1/C=C/C(=O)N1CCCCC1CO. The highest BCUT2D eigenvalue weighted by molar-refractivity contribution is 9.10. The molecule has 1 aliphatic rings. The third kappa shape index (κ3) is 4.08. The van der Waals surface area contributed by atoms with E-state index in [0.29, 0.717) is 6.54 Å². The zero-order valence-electron chi connectivity index (χ0n) is 12.1. The summed E-state index contributed by atoms with van der Waals surface area (Å²) in [6.45, 7) is 0.740. The number of hydrogen-bond donors (Lipinski definition) is 1. The Bertz CT molecular complexity index is 530. The molecular weight excluding hydrogens is 334 g/mol. The number of carbonyl (C=O) groups excluding carboxylic acids is 1. The van der Waals surface area contributed by atoms with E-state index < -0.39 is 0 Å². The normalized spacial score (nSPS) is 19.0. The maximum atomic E-state index is 12.3. The van der Waals surface area contributed by atoms with Crippen LogP contribution in [-0.2, 0) is 4.79 Å². The first-order valence-corrected chi connectivity index (χ1v) is 7.88. The fourth-order valence-corrected chi connectivity index (χ4v) is 2.95. The van der Waals surface area contributed by atoms with Crippen molar-refractivity contribution in [3.05, 3.63) is 34.3 Å². The minimum Gasteiger partial charge on any atom is -0.496 e. The number of carbonyl (C=O) groups is 1. The van der Waals surface area contributed by atoms with Gasteiger partial charge in [-0.25, -0.2) is 0 Å². The smallest absolute Gasteiger partial charge is 0.246 e. The van der Waals surface area contributed by atoms with Gasteiger partial charge in [-0.2, -0.15) is 0 Å². The van der Waals surface area contributed by atoms with Gasteiger partial charge in [-0.15, -0.1) is 0 Å². The molecule has 0 radical (unpaired) electrons. The minimum atomic E-state index is -0.0595. The van der Waals surface area contributed by atoms with Crippen LogP contribution in [0.4, 0.5) is 0 Å². The van der Waals surface area contributed by atoms with E-state index in [1.807, 2.05) is 18.2 Å². The maximum absolute atomic E-state index is 12.3. The molecule has 1 unspecified atom stereocenters. The van der Waals surface area contributed by atoms with E-state index in [0.717, 1.165) is 35.0 Å². The fourth-order valence-electron chi connectivity index (χ4n) is 2.57. The fraction of sp³-hybridized carbons (Fsp3) is 0.438. The maximum Gasteiger partial charge on any atom is 0.246 e. The molecule has 21 heavy (non-hydrogen) atoms. The highest BCUT2D eigenvalue weighted by atomic mass is 79.9. The van der Waals surface area contributed by atoms with Crippen molar-refractivity contribution in [2.45, 2.75) is 25.3 Å². The molecule has 0 aliphatic carbocycles. The van der Waals surface area contributed by atoms with Crippen LogP contribution in [0, 0.1) is 0 Å². The molecule has 4 nitrogen and oxygen atoms in total. The van der Waals surface area contributed by atoms with Crippen molar-refractivity contribution in [2.75, 3.05) is 20.3 Å². The first kappa shape index (κ1) is 16.0. The topological polar surface area (TPSA) is 49.8 Å². The van der Waals surface area contributed by atoms with Gasteiger partial charge < -0.3 is 14.7 Å². The summed E-state index contributed by atoms with van der Waals surface area (Å²) >= 11 is 3.41. The van der Waals surface area contributed by atoms with Gasteiger partial charge in [-0.05, 0) is 43.5 Å². The molecular formula is C16H20BrNO3. The van der Waals surface area contributed by atoms with Crippen LogP contribution in [0.15, 0.2) is 28.7 Å². The van der Waals surface area contributed by atoms with Gasteiger partial charge >= 0.3 is 0 Å². The Morgan fingerprint density at radius 1 is 1.52 bits per heavy atom. The highest BCUT2D eigenvalue weighted by Crippen LogP contribution is 2.24. The van der Waals surface area contributed by atoms with E-state index in [9.17, 15) is 9.90 Å². The predicted octanol–water partition coefficient (Wildman–Crippen LogP) is 2.84. The molecule has 114 valence electrons. The zero-order chi connectivity index (χ0) is 15.2. The number of likely N-dealkylation sites (tertiary alicyclic amines) is 1. The summed E-state index contributed by atoms with van der Waals surface area (Å²) in [6.07, 6.45) is 6.25. The first-order chi connectivity index (χ1) is 10.2. The van der Waals surface area contributed by atoms with E-state index in [4.69, 9.17) is 4.74 Å². The van der Waals surface area contributed by atoms with E-state index in [2.05, 4.69) is 15.9 Å². The van der Waals surface area contributed by atoms with E-state index in [1.165, 1.54) is 0 Å². The van der Waals surface area contributed by atoms with Gasteiger partial charge in [-0.3, -0.25) is 4.79 Å². The molecule has 0 saturated carbocycles. The molecule has 1 aliphatic heterocycles. The predicted molar refractivity (Wildman–Crippen MR) is 86.2 cm³/mol. The Kier molecular flexibility index (Phi) is 5.82. The number of aliphatic hydroxyl groups is 1. The molecule has 1 atom stereocenters. The van der Waals surface area contributed by atoms with Crippen LogP contribution in [0.5, 0.6) is 5.75 Å². The zero-order valence-corrected chi connectivity index (χ0v) is 13.7. The van der Waals surface area contributed by atoms with Crippen LogP contribution in [-0.4, -0.2) is 42.2 Å². The lowest BCUT2D eigenvalue weighted by molar-refractivity contribution is -0.130. The molecule has 1 saturated heterocycles. The third-order valence-corrected chi connectivity index (χ3v) is 4.21. The number of halogens is 1. The second-order valence-electron chi connectivity index (χ2n) is 5.08. The summed E-state index contributed by atoms with van der Waals surface area (Å²) in [5.41, 5.74) is 0.845. The summed E-state index contributed by atoms with van der Waals surface area (Å²) in [5, 5.41) is 9.37. The lowest BCUT2D eigenvalue weighted by atomic mass is 10.0. The largest absolute Gasteiger partial charge is 0.496 e. The molecule has 0 aromatic heterocycles. The van der Waals surface area contributed by atoms with E-state index in [1.54, 1.807) is 24.2 Å². The Labute approximate surface area is 133 Å². The van der Waals surface area contributed by atoms with Gasteiger partial charge in [0.05, 0.1) is 19.8 Å². The van der Waals surface area contributed by atoms with Gasteiger partial charge in [0.1, 0.15) is 5.75 Å². The van der Waals surface area contributed by atoms with Gasteiger partial charge in [0.25, 0.3) is 0 Å². The van der Waals surface area contributed by atoms with Crippen LogP contribution in [0.2, 0.25) is 0 Å². The molecule has 2 rings (SSSR count). The summed E-state index contributed by atoms with van der Waals surface area (Å²) in [7, 11) is 1.61. The Hall–Kier alpha value is -1.33. The molecule has 0 spiro atoms. The van der Waals surface area contributed by atoms with Gasteiger partial charge in [0.2, 0.25) is 5.91 Å². The Balaban J connectivity index is 2.13. The number of amides is 1. The van der Waals surface area contributed by atoms with Crippen LogP contribution >= 0.6 is 15.9 Å². The molecule has 1 fully saturated rings. The lowest BCUT2D eigenvalue weighted by Crippen LogP contribution is -2.44. The van der Waals surface area contributed by atoms with Gasteiger partial charge in [-0.1, -0.05) is 15.9 Å². The average molecular weight is 354 g/mol. The van der Waals surface area contributed by atoms with Crippen molar-refractivity contribution in [1.29, 1.82) is 0 Å². The quantitative estimate of drug-likeness (QED) is 0.846. The standard InChI is InChI=1S/C16H20BrNO3/c1-21-15-7-6-13(17)10-12(15)5-8-16(20)18-9-3-2-4-14(18)11-19/h5-8,10,14,19H,2-4,9,11H2,1H3/b8-5+. The molecule has 5 heteroatoms. The van der Waals surface area contributed by atoms with Crippen molar-refractivity contribution in [2.24, 2.45) is 0 Å². The number of piperidine rings is 1. The van der Waals surface area contributed by atoms with Crippen LogP contribution < -0.4 is 4.74 Å². The highest BCUT2D eigenvalue weighted by Gasteiger charge is 2.24. The summed E-state index contributed by atoms with van der Waals surface area (Å²) in [4.78, 5) is 14.1. The molecule has 1 amide bonds. The Morgan fingerprint density at radius 2 is 2.33 bits per heavy atom. The van der Waals surface area contributed by atoms with Crippen LogP contribution in [0.25, 0.3) is 6.08 Å². The first-order valence-electron chi connectivity index (χ1n) is 7.08. The number of methoxy groups -OCH3 is 1. The summed E-state index contributed by atoms with van der Waals surface area (Å²) < 4.78 is 6.22. The van der Waals surface area contributed by atoms with Crippen LogP contribution in [0.1, 0.15) is 24.8 Å². The van der Waals surface area contributed by atoms with Crippen LogP contribution in [0.3, 0.4) is 0 Å².